The lowest BCUT2D eigenvalue weighted by Gasteiger charge is -2.14. The van der Waals surface area contributed by atoms with Crippen LogP contribution in [0.25, 0.3) is 11.3 Å². The molecule has 1 aromatic heterocycles. The summed E-state index contributed by atoms with van der Waals surface area (Å²) in [5, 5.41) is 3.46. The Morgan fingerprint density at radius 1 is 1.19 bits per heavy atom. The molecule has 3 nitrogen and oxygen atoms in total. The lowest BCUT2D eigenvalue weighted by atomic mass is 10.1. The van der Waals surface area contributed by atoms with Crippen molar-refractivity contribution in [3.63, 3.8) is 0 Å². The lowest BCUT2D eigenvalue weighted by molar-refractivity contribution is 0.837. The highest BCUT2D eigenvalue weighted by molar-refractivity contribution is 5.68. The predicted molar refractivity (Wildman–Crippen MR) is 87.5 cm³/mol. The summed E-state index contributed by atoms with van der Waals surface area (Å²) in [6.07, 6.45) is 2.31. The van der Waals surface area contributed by atoms with Gasteiger partial charge < -0.3 is 5.32 Å². The van der Waals surface area contributed by atoms with Crippen LogP contribution in [-0.2, 0) is 0 Å². The molecular formula is C18H23N3. The Kier molecular flexibility index (Phi) is 3.91. The lowest BCUT2D eigenvalue weighted by Crippen LogP contribution is -2.09. The molecule has 1 fully saturated rings. The first-order valence-corrected chi connectivity index (χ1v) is 7.88. The third-order valence-corrected chi connectivity index (χ3v) is 4.19. The summed E-state index contributed by atoms with van der Waals surface area (Å²) >= 11 is 0. The summed E-state index contributed by atoms with van der Waals surface area (Å²) < 4.78 is 0. The van der Waals surface area contributed by atoms with Crippen LogP contribution >= 0.6 is 0 Å². The molecule has 1 heterocycles. The summed E-state index contributed by atoms with van der Waals surface area (Å²) in [6, 6.07) is 10.4. The van der Waals surface area contributed by atoms with Gasteiger partial charge in [0.2, 0.25) is 0 Å². The Morgan fingerprint density at radius 3 is 2.52 bits per heavy atom. The molecule has 2 unspecified atom stereocenters. The van der Waals surface area contributed by atoms with Crippen molar-refractivity contribution in [2.24, 2.45) is 5.92 Å². The summed E-state index contributed by atoms with van der Waals surface area (Å²) in [5.41, 5.74) is 3.39. The predicted octanol–water partition coefficient (Wildman–Crippen LogP) is 4.40. The van der Waals surface area contributed by atoms with Crippen LogP contribution in [0.3, 0.4) is 0 Å². The van der Waals surface area contributed by atoms with E-state index in [1.807, 2.05) is 6.07 Å². The highest BCUT2D eigenvalue weighted by atomic mass is 15.0. The van der Waals surface area contributed by atoms with Gasteiger partial charge in [0.1, 0.15) is 11.6 Å². The van der Waals surface area contributed by atoms with Crippen molar-refractivity contribution in [3.8, 4) is 11.3 Å². The number of benzene rings is 1. The molecule has 3 rings (SSSR count). The molecular weight excluding hydrogens is 258 g/mol. The first-order valence-electron chi connectivity index (χ1n) is 7.88. The van der Waals surface area contributed by atoms with Crippen molar-refractivity contribution in [2.75, 3.05) is 11.9 Å². The second-order valence-electron chi connectivity index (χ2n) is 6.02. The van der Waals surface area contributed by atoms with Crippen molar-refractivity contribution in [2.45, 2.75) is 39.5 Å². The maximum Gasteiger partial charge on any atom is 0.134 e. The van der Waals surface area contributed by atoms with E-state index in [0.717, 1.165) is 41.8 Å². The van der Waals surface area contributed by atoms with Gasteiger partial charge in [-0.25, -0.2) is 9.97 Å². The molecule has 2 atom stereocenters. The standard InChI is InChI=1S/C18H23N3/c1-4-10-19-17-13(3)16(14-8-6-5-7-9-14)20-18(21-17)15-11-12(15)2/h5-9,12,15H,4,10-11H2,1-3H3,(H,19,20,21). The minimum absolute atomic E-state index is 0.537. The second-order valence-corrected chi connectivity index (χ2v) is 6.02. The number of nitrogens with one attached hydrogen (secondary N) is 1. The zero-order valence-corrected chi connectivity index (χ0v) is 13.1. The molecule has 1 N–H and O–H groups in total. The first kappa shape index (κ1) is 14.1. The molecule has 0 saturated heterocycles. The maximum absolute atomic E-state index is 4.87. The molecule has 0 aliphatic heterocycles. The van der Waals surface area contributed by atoms with Gasteiger partial charge in [0, 0.05) is 23.6 Å². The van der Waals surface area contributed by atoms with Crippen molar-refractivity contribution >= 4 is 5.82 Å². The minimum atomic E-state index is 0.537. The number of nitrogens with zero attached hydrogens (tertiary/aromatic N) is 2. The highest BCUT2D eigenvalue weighted by Gasteiger charge is 2.37. The molecule has 1 aliphatic carbocycles. The number of anilines is 1. The average molecular weight is 281 g/mol. The van der Waals surface area contributed by atoms with Gasteiger partial charge in [-0.3, -0.25) is 0 Å². The molecule has 110 valence electrons. The van der Waals surface area contributed by atoms with Gasteiger partial charge in [0.05, 0.1) is 5.69 Å². The molecule has 1 saturated carbocycles. The highest BCUT2D eigenvalue weighted by Crippen LogP contribution is 2.46. The molecule has 3 heteroatoms. The number of hydrogen-bond donors (Lipinski definition) is 1. The molecule has 0 amide bonds. The summed E-state index contributed by atoms with van der Waals surface area (Å²) in [6.45, 7) is 7.51. The van der Waals surface area contributed by atoms with Crippen LogP contribution in [-0.4, -0.2) is 16.5 Å². The third kappa shape index (κ3) is 2.92. The van der Waals surface area contributed by atoms with Gasteiger partial charge in [-0.1, -0.05) is 44.2 Å². The topological polar surface area (TPSA) is 37.8 Å². The normalized spacial score (nSPS) is 20.3. The van der Waals surface area contributed by atoms with Crippen LogP contribution in [0, 0.1) is 12.8 Å². The maximum atomic E-state index is 4.87. The first-order chi connectivity index (χ1) is 10.2. The molecule has 0 spiro atoms. The number of hydrogen-bond acceptors (Lipinski definition) is 3. The van der Waals surface area contributed by atoms with Gasteiger partial charge >= 0.3 is 0 Å². The van der Waals surface area contributed by atoms with Crippen molar-refractivity contribution in [3.05, 3.63) is 41.7 Å². The van der Waals surface area contributed by atoms with Crippen molar-refractivity contribution in [1.82, 2.24) is 9.97 Å². The van der Waals surface area contributed by atoms with Crippen LogP contribution < -0.4 is 5.32 Å². The van der Waals surface area contributed by atoms with Crippen molar-refractivity contribution in [1.29, 1.82) is 0 Å². The van der Waals surface area contributed by atoms with E-state index < -0.39 is 0 Å². The van der Waals surface area contributed by atoms with E-state index in [-0.39, 0.29) is 0 Å². The van der Waals surface area contributed by atoms with E-state index in [0.29, 0.717) is 5.92 Å². The number of rotatable bonds is 5. The van der Waals surface area contributed by atoms with Gasteiger partial charge in [-0.15, -0.1) is 0 Å². The molecule has 1 aliphatic rings. The Balaban J connectivity index is 2.04. The summed E-state index contributed by atoms with van der Waals surface area (Å²) in [7, 11) is 0. The second kappa shape index (κ2) is 5.84. The van der Waals surface area contributed by atoms with Gasteiger partial charge in [0.25, 0.3) is 0 Å². The van der Waals surface area contributed by atoms with E-state index in [2.05, 4.69) is 50.4 Å². The monoisotopic (exact) mass is 281 g/mol. The van der Waals surface area contributed by atoms with E-state index in [9.17, 15) is 0 Å². The Bertz CT molecular complexity index is 622. The number of aromatic nitrogens is 2. The Hall–Kier alpha value is -1.90. The fraction of sp³-hybridized carbons (Fsp3) is 0.444. The third-order valence-electron chi connectivity index (χ3n) is 4.19. The average Bonchev–Trinajstić information content (AvgIpc) is 3.24. The van der Waals surface area contributed by atoms with Crippen LogP contribution in [0.15, 0.2) is 30.3 Å². The molecule has 0 radical (unpaired) electrons. The van der Waals surface area contributed by atoms with Gasteiger partial charge in [-0.2, -0.15) is 0 Å². The smallest absolute Gasteiger partial charge is 0.134 e. The van der Waals surface area contributed by atoms with Crippen LogP contribution in [0.1, 0.15) is 44.0 Å². The SMILES string of the molecule is CCCNc1nc(C2CC2C)nc(-c2ccccc2)c1C. The summed E-state index contributed by atoms with van der Waals surface area (Å²) in [4.78, 5) is 9.66. The largest absolute Gasteiger partial charge is 0.370 e. The fourth-order valence-electron chi connectivity index (χ4n) is 2.67. The molecule has 21 heavy (non-hydrogen) atoms. The van der Waals surface area contributed by atoms with E-state index in [1.165, 1.54) is 12.0 Å². The molecule has 0 bridgehead atoms. The van der Waals surface area contributed by atoms with Crippen LogP contribution in [0.5, 0.6) is 0 Å². The summed E-state index contributed by atoms with van der Waals surface area (Å²) in [5.74, 6) is 3.26. The van der Waals surface area contributed by atoms with Gasteiger partial charge in [0.15, 0.2) is 0 Å². The van der Waals surface area contributed by atoms with Gasteiger partial charge in [-0.05, 0) is 25.7 Å². The Labute approximate surface area is 126 Å². The zero-order valence-electron chi connectivity index (χ0n) is 13.1. The zero-order chi connectivity index (χ0) is 14.8. The van der Waals surface area contributed by atoms with Crippen LogP contribution in [0.4, 0.5) is 5.82 Å². The van der Waals surface area contributed by atoms with Crippen molar-refractivity contribution < 1.29 is 0 Å². The molecule has 2 aromatic rings. The molecule has 1 aromatic carbocycles. The quantitative estimate of drug-likeness (QED) is 0.882. The Morgan fingerprint density at radius 2 is 1.90 bits per heavy atom. The van der Waals surface area contributed by atoms with E-state index in [4.69, 9.17) is 9.97 Å². The fourth-order valence-corrected chi connectivity index (χ4v) is 2.67. The van der Waals surface area contributed by atoms with E-state index in [1.54, 1.807) is 0 Å². The van der Waals surface area contributed by atoms with Crippen LogP contribution in [0.2, 0.25) is 0 Å². The van der Waals surface area contributed by atoms with E-state index >= 15 is 0 Å². The minimum Gasteiger partial charge on any atom is -0.370 e.